The molecule has 0 radical (unpaired) electrons. The van der Waals surface area contributed by atoms with Gasteiger partial charge in [-0.05, 0) is 25.2 Å². The number of benzene rings is 2. The third kappa shape index (κ3) is 6.31. The predicted molar refractivity (Wildman–Crippen MR) is 171 cm³/mol. The van der Waals surface area contributed by atoms with Crippen molar-refractivity contribution in [2.75, 3.05) is 64.7 Å². The number of H-pyrrole nitrogens is 1. The molecule has 1 saturated heterocycles. The van der Waals surface area contributed by atoms with Gasteiger partial charge in [0.1, 0.15) is 11.7 Å². The van der Waals surface area contributed by atoms with Gasteiger partial charge in [-0.1, -0.05) is 24.3 Å². The van der Waals surface area contributed by atoms with E-state index in [1.54, 1.807) is 62.1 Å². The summed E-state index contributed by atoms with van der Waals surface area (Å²) in [6.07, 6.45) is 5.95. The van der Waals surface area contributed by atoms with Crippen LogP contribution in [0, 0.1) is 5.82 Å². The first-order valence-electron chi connectivity index (χ1n) is 14.7. The number of para-hydroxylation sites is 2. The monoisotopic (exact) mass is 627 g/mol. The van der Waals surface area contributed by atoms with E-state index in [4.69, 9.17) is 9.47 Å². The van der Waals surface area contributed by atoms with Gasteiger partial charge in [-0.3, -0.25) is 9.69 Å². The summed E-state index contributed by atoms with van der Waals surface area (Å²) >= 11 is 0. The third-order valence-corrected chi connectivity index (χ3v) is 7.97. The van der Waals surface area contributed by atoms with E-state index in [9.17, 15) is 9.59 Å². The third-order valence-electron chi connectivity index (χ3n) is 7.97. The van der Waals surface area contributed by atoms with Crippen LogP contribution in [0.15, 0.2) is 67.3 Å². The largest absolute Gasteiger partial charge is 0.465 e. The van der Waals surface area contributed by atoms with Gasteiger partial charge in [-0.25, -0.2) is 23.8 Å². The number of carbonyl (C=O) groups excluding carboxylic acids is 2. The number of fused-ring (bicyclic) bond motifs is 1. The van der Waals surface area contributed by atoms with E-state index >= 15 is 4.39 Å². The number of halogens is 1. The zero-order chi connectivity index (χ0) is 32.2. The highest BCUT2D eigenvalue weighted by atomic mass is 19.1. The highest BCUT2D eigenvalue weighted by molar-refractivity contribution is 6.06. The molecule has 0 saturated carbocycles. The SMILES string of the molecule is COCC(C(=O)Nc1cccc2c(-c3nc(Nc4cnn(-c5ccccc5C(=O)OC)c4)ncc3F)c[nH]c12)N1CCN(C)CC1. The van der Waals surface area contributed by atoms with Crippen molar-refractivity contribution in [3.05, 3.63) is 78.6 Å². The Morgan fingerprint density at radius 1 is 1.07 bits per heavy atom. The number of aromatic amines is 1. The predicted octanol–water partition coefficient (Wildman–Crippen LogP) is 3.68. The van der Waals surface area contributed by atoms with Crippen molar-refractivity contribution < 1.29 is 23.5 Å². The second-order valence-corrected chi connectivity index (χ2v) is 10.9. The zero-order valence-corrected chi connectivity index (χ0v) is 25.7. The van der Waals surface area contributed by atoms with Crippen LogP contribution in [0.1, 0.15) is 10.4 Å². The first-order valence-corrected chi connectivity index (χ1v) is 14.7. The van der Waals surface area contributed by atoms with Crippen LogP contribution in [0.4, 0.5) is 21.7 Å². The molecule has 1 unspecified atom stereocenters. The second kappa shape index (κ2) is 13.4. The fourth-order valence-electron chi connectivity index (χ4n) is 5.53. The zero-order valence-electron chi connectivity index (χ0n) is 25.7. The van der Waals surface area contributed by atoms with Gasteiger partial charge in [0.05, 0.1) is 60.4 Å². The number of rotatable bonds is 10. The fourth-order valence-corrected chi connectivity index (χ4v) is 5.53. The van der Waals surface area contributed by atoms with E-state index in [2.05, 4.69) is 47.5 Å². The average molecular weight is 628 g/mol. The van der Waals surface area contributed by atoms with Gasteiger partial charge in [0.15, 0.2) is 5.82 Å². The molecule has 13 nitrogen and oxygen atoms in total. The summed E-state index contributed by atoms with van der Waals surface area (Å²) in [5.74, 6) is -1.13. The molecular formula is C32H34FN9O4. The molecule has 1 atom stereocenters. The molecule has 1 amide bonds. The Hall–Kier alpha value is -5.18. The minimum Gasteiger partial charge on any atom is -0.465 e. The van der Waals surface area contributed by atoms with Gasteiger partial charge in [-0.2, -0.15) is 5.10 Å². The molecular weight excluding hydrogens is 593 g/mol. The number of carbonyl (C=O) groups is 2. The van der Waals surface area contributed by atoms with Crippen LogP contribution in [0.2, 0.25) is 0 Å². The van der Waals surface area contributed by atoms with Crippen molar-refractivity contribution >= 4 is 40.1 Å². The highest BCUT2D eigenvalue weighted by Crippen LogP contribution is 2.33. The molecule has 3 N–H and O–H groups in total. The summed E-state index contributed by atoms with van der Waals surface area (Å²) in [4.78, 5) is 41.8. The first-order chi connectivity index (χ1) is 22.4. The number of likely N-dealkylation sites (N-methyl/N-ethyl adjacent to an activating group) is 1. The van der Waals surface area contributed by atoms with Gasteiger partial charge < -0.3 is 30.0 Å². The number of esters is 1. The summed E-state index contributed by atoms with van der Waals surface area (Å²) < 4.78 is 27.0. The molecule has 4 heterocycles. The quantitative estimate of drug-likeness (QED) is 0.196. The van der Waals surface area contributed by atoms with Gasteiger partial charge in [-0.15, -0.1) is 0 Å². The lowest BCUT2D eigenvalue weighted by Crippen LogP contribution is -2.54. The van der Waals surface area contributed by atoms with E-state index in [-0.39, 0.29) is 24.2 Å². The molecule has 14 heteroatoms. The van der Waals surface area contributed by atoms with Crippen LogP contribution in [-0.4, -0.2) is 107 Å². The van der Waals surface area contributed by atoms with E-state index in [1.165, 1.54) is 11.8 Å². The number of hydrogen-bond acceptors (Lipinski definition) is 10. The average Bonchev–Trinajstić information content (AvgIpc) is 3.72. The van der Waals surface area contributed by atoms with Crippen molar-refractivity contribution in [2.45, 2.75) is 6.04 Å². The number of aromatic nitrogens is 5. The lowest BCUT2D eigenvalue weighted by atomic mass is 10.1. The minimum absolute atomic E-state index is 0.0744. The Labute approximate surface area is 264 Å². The molecule has 1 aliphatic rings. The van der Waals surface area contributed by atoms with E-state index in [0.717, 1.165) is 32.4 Å². The number of hydrogen-bond donors (Lipinski definition) is 3. The first kappa shape index (κ1) is 30.8. The van der Waals surface area contributed by atoms with E-state index < -0.39 is 17.8 Å². The number of nitrogens with one attached hydrogen (secondary N) is 3. The maximum atomic E-state index is 15.2. The van der Waals surface area contributed by atoms with Crippen LogP contribution in [0.3, 0.4) is 0 Å². The molecule has 1 fully saturated rings. The fraction of sp³-hybridized carbons (Fsp3) is 0.281. The Morgan fingerprint density at radius 3 is 2.65 bits per heavy atom. The Balaban J connectivity index is 1.24. The van der Waals surface area contributed by atoms with Crippen molar-refractivity contribution in [2.24, 2.45) is 0 Å². The summed E-state index contributed by atoms with van der Waals surface area (Å²) in [6.45, 7) is 3.53. The molecule has 0 aliphatic carbocycles. The second-order valence-electron chi connectivity index (χ2n) is 10.9. The molecule has 2 aromatic carbocycles. The Bertz CT molecular complexity index is 1870. The normalized spacial score (nSPS) is 14.7. The van der Waals surface area contributed by atoms with Crippen LogP contribution >= 0.6 is 0 Å². The maximum Gasteiger partial charge on any atom is 0.340 e. The van der Waals surface area contributed by atoms with Crippen LogP contribution < -0.4 is 10.6 Å². The van der Waals surface area contributed by atoms with Crippen molar-refractivity contribution in [3.63, 3.8) is 0 Å². The number of piperazine rings is 1. The number of methoxy groups -OCH3 is 2. The summed E-state index contributed by atoms with van der Waals surface area (Å²) in [5, 5.41) is 11.1. The number of nitrogens with zero attached hydrogens (tertiary/aromatic N) is 6. The minimum atomic E-state index is -0.612. The summed E-state index contributed by atoms with van der Waals surface area (Å²) in [5.41, 5.74) is 3.18. The Kier molecular flexibility index (Phi) is 9.01. The lowest BCUT2D eigenvalue weighted by Gasteiger charge is -2.36. The molecule has 0 bridgehead atoms. The van der Waals surface area contributed by atoms with Crippen LogP contribution in [0.5, 0.6) is 0 Å². The van der Waals surface area contributed by atoms with E-state index in [1.807, 2.05) is 6.07 Å². The van der Waals surface area contributed by atoms with Gasteiger partial charge >= 0.3 is 5.97 Å². The van der Waals surface area contributed by atoms with Crippen molar-refractivity contribution in [3.8, 4) is 16.9 Å². The molecule has 6 rings (SSSR count). The van der Waals surface area contributed by atoms with Crippen molar-refractivity contribution in [1.82, 2.24) is 34.5 Å². The van der Waals surface area contributed by atoms with Gasteiger partial charge in [0.25, 0.3) is 0 Å². The van der Waals surface area contributed by atoms with Crippen LogP contribution in [0.25, 0.3) is 27.8 Å². The number of anilines is 3. The van der Waals surface area contributed by atoms with E-state index in [0.29, 0.717) is 39.1 Å². The summed E-state index contributed by atoms with van der Waals surface area (Å²) in [7, 11) is 4.97. The van der Waals surface area contributed by atoms with Crippen LogP contribution in [-0.2, 0) is 14.3 Å². The molecule has 0 spiro atoms. The topological polar surface area (TPSA) is 143 Å². The van der Waals surface area contributed by atoms with Crippen molar-refractivity contribution in [1.29, 1.82) is 0 Å². The number of ether oxygens (including phenoxy) is 2. The number of amides is 1. The standard InChI is InChI=1S/C32H34FN9O4/c1-40-11-13-41(14-12-40)27(19-45-2)30(43)38-25-9-6-8-21-23(16-34-29(21)25)28-24(33)17-35-32(39-28)37-20-15-36-42(18-20)26-10-5-4-7-22(26)31(44)46-3/h4-10,15-18,27,34H,11-14,19H2,1-3H3,(H,38,43)(H,35,37,39). The molecule has 3 aromatic heterocycles. The smallest absolute Gasteiger partial charge is 0.340 e. The molecule has 46 heavy (non-hydrogen) atoms. The summed E-state index contributed by atoms with van der Waals surface area (Å²) in [6, 6.07) is 11.9. The maximum absolute atomic E-state index is 15.2. The molecule has 1 aliphatic heterocycles. The van der Waals surface area contributed by atoms with Gasteiger partial charge in [0, 0.05) is 50.4 Å². The van der Waals surface area contributed by atoms with Gasteiger partial charge in [0.2, 0.25) is 11.9 Å². The molecule has 5 aromatic rings. The highest BCUT2D eigenvalue weighted by Gasteiger charge is 2.29. The Morgan fingerprint density at radius 2 is 1.87 bits per heavy atom. The molecule has 238 valence electrons. The lowest BCUT2D eigenvalue weighted by molar-refractivity contribution is -0.124.